The van der Waals surface area contributed by atoms with Gasteiger partial charge in [0.25, 0.3) is 0 Å². The lowest BCUT2D eigenvalue weighted by Crippen LogP contribution is -2.65. The number of fused-ring (bicyclic) bond motifs is 2. The second-order valence-electron chi connectivity index (χ2n) is 23.6. The zero-order chi connectivity index (χ0) is 47.2. The van der Waals surface area contributed by atoms with Gasteiger partial charge in [-0.3, -0.25) is 4.79 Å². The van der Waals surface area contributed by atoms with Crippen LogP contribution in [0.3, 0.4) is 0 Å². The van der Waals surface area contributed by atoms with E-state index in [1.165, 1.54) is 6.92 Å². The van der Waals surface area contributed by atoms with Gasteiger partial charge in [-0.25, -0.2) is 0 Å². The maximum atomic E-state index is 12.4. The first kappa shape index (κ1) is 48.8. The van der Waals surface area contributed by atoms with Crippen molar-refractivity contribution in [3.8, 4) is 0 Å². The van der Waals surface area contributed by atoms with Gasteiger partial charge in [0.1, 0.15) is 42.7 Å². The fourth-order valence-corrected chi connectivity index (χ4v) is 16.1. The van der Waals surface area contributed by atoms with E-state index >= 15 is 0 Å². The van der Waals surface area contributed by atoms with Crippen molar-refractivity contribution in [2.45, 2.75) is 223 Å². The van der Waals surface area contributed by atoms with Crippen molar-refractivity contribution < 1.29 is 88.6 Å². The van der Waals surface area contributed by atoms with Crippen molar-refractivity contribution in [2.75, 3.05) is 19.8 Å². The number of ether oxygens (including phenoxy) is 8. The molecule has 18 nitrogen and oxygen atoms in total. The Morgan fingerprint density at radius 3 is 1.83 bits per heavy atom. The Balaban J connectivity index is 1.04. The van der Waals surface area contributed by atoms with Gasteiger partial charge in [-0.2, -0.15) is 0 Å². The van der Waals surface area contributed by atoms with Crippen LogP contribution in [0.25, 0.3) is 0 Å². The lowest BCUT2D eigenvalue weighted by atomic mass is 9.41. The first-order chi connectivity index (χ1) is 30.2. The number of aliphatic hydroxyl groups excluding tert-OH is 8. The van der Waals surface area contributed by atoms with Gasteiger partial charge in [0.05, 0.1) is 55.4 Å². The number of aliphatic hydroxyl groups is 9. The van der Waals surface area contributed by atoms with Crippen molar-refractivity contribution in [3.63, 3.8) is 0 Å². The molecule has 18 heteroatoms. The molecular formula is C47H76O18. The van der Waals surface area contributed by atoms with Crippen molar-refractivity contribution in [1.29, 1.82) is 0 Å². The van der Waals surface area contributed by atoms with Crippen LogP contribution in [0.15, 0.2) is 0 Å². The number of rotatable bonds is 9. The Kier molecular flexibility index (Phi) is 12.4. The minimum Gasteiger partial charge on any atom is -0.457 e. The Labute approximate surface area is 381 Å². The lowest BCUT2D eigenvalue weighted by Gasteiger charge is -2.65. The summed E-state index contributed by atoms with van der Waals surface area (Å²) in [7, 11) is 0. The monoisotopic (exact) mass is 929 g/mol. The predicted octanol–water partition coefficient (Wildman–Crippen LogP) is 0.397. The third-order valence-corrected chi connectivity index (χ3v) is 19.2. The van der Waals surface area contributed by atoms with Gasteiger partial charge < -0.3 is 83.9 Å². The average molecular weight is 929 g/mol. The molecule has 24 atom stereocenters. The summed E-state index contributed by atoms with van der Waals surface area (Å²) in [6.07, 6.45) is -12.5. The first-order valence-electron chi connectivity index (χ1n) is 24.1. The van der Waals surface area contributed by atoms with Crippen LogP contribution in [0.4, 0.5) is 0 Å². The quantitative estimate of drug-likeness (QED) is 0.112. The van der Waals surface area contributed by atoms with Crippen LogP contribution in [0.1, 0.15) is 113 Å². The highest BCUT2D eigenvalue weighted by Crippen LogP contribution is 2.89. The van der Waals surface area contributed by atoms with Crippen LogP contribution in [0, 0.1) is 44.8 Å². The molecule has 0 aromatic rings. The normalized spacial score (nSPS) is 56.2. The highest BCUT2D eigenvalue weighted by atomic mass is 16.8. The van der Waals surface area contributed by atoms with E-state index in [0.29, 0.717) is 25.7 Å². The molecule has 6 unspecified atom stereocenters. The van der Waals surface area contributed by atoms with E-state index in [1.54, 1.807) is 13.8 Å². The van der Waals surface area contributed by atoms with Gasteiger partial charge in [0.15, 0.2) is 31.1 Å². The summed E-state index contributed by atoms with van der Waals surface area (Å²) >= 11 is 0. The van der Waals surface area contributed by atoms with Crippen LogP contribution >= 0.6 is 0 Å². The van der Waals surface area contributed by atoms with E-state index in [2.05, 4.69) is 34.6 Å². The predicted molar refractivity (Wildman–Crippen MR) is 224 cm³/mol. The highest BCUT2D eigenvalue weighted by Gasteiger charge is 2.85. The number of esters is 1. The second-order valence-corrected chi connectivity index (χ2v) is 23.6. The Bertz CT molecular complexity index is 1780. The fraction of sp³-hybridized carbons (Fsp3) is 0.979. The zero-order valence-electron chi connectivity index (χ0n) is 39.2. The van der Waals surface area contributed by atoms with E-state index < -0.39 is 115 Å². The van der Waals surface area contributed by atoms with E-state index in [4.69, 9.17) is 37.9 Å². The number of carbonyl (C=O) groups is 1. The summed E-state index contributed by atoms with van der Waals surface area (Å²) in [5.41, 5.74) is -3.47. The van der Waals surface area contributed by atoms with Crippen molar-refractivity contribution in [1.82, 2.24) is 0 Å². The molecule has 0 aromatic heterocycles. The summed E-state index contributed by atoms with van der Waals surface area (Å²) in [6.45, 7) is 14.9. The molecule has 9 N–H and O–H groups in total. The summed E-state index contributed by atoms with van der Waals surface area (Å²) in [5.74, 6) is -1.02. The number of carbonyl (C=O) groups excluding carboxylic acids is 1. The van der Waals surface area contributed by atoms with E-state index in [9.17, 15) is 50.8 Å². The minimum absolute atomic E-state index is 0.0791. The summed E-state index contributed by atoms with van der Waals surface area (Å²) in [6, 6.07) is 0. The third kappa shape index (κ3) is 7.44. The average Bonchev–Trinajstić information content (AvgIpc) is 3.58. The van der Waals surface area contributed by atoms with E-state index in [1.807, 2.05) is 0 Å². The maximum absolute atomic E-state index is 12.4. The van der Waals surface area contributed by atoms with Gasteiger partial charge in [-0.1, -0.05) is 27.7 Å². The van der Waals surface area contributed by atoms with E-state index in [-0.39, 0.29) is 65.3 Å². The van der Waals surface area contributed by atoms with Gasteiger partial charge in [0.2, 0.25) is 0 Å². The molecule has 0 bridgehead atoms. The van der Waals surface area contributed by atoms with Crippen molar-refractivity contribution >= 4 is 5.97 Å². The molecule has 4 saturated heterocycles. The van der Waals surface area contributed by atoms with E-state index in [0.717, 1.165) is 32.1 Å². The molecule has 9 rings (SSSR count). The van der Waals surface area contributed by atoms with Crippen LogP contribution in [0.2, 0.25) is 0 Å². The van der Waals surface area contributed by atoms with Crippen molar-refractivity contribution in [2.24, 2.45) is 44.8 Å². The van der Waals surface area contributed by atoms with Crippen LogP contribution in [-0.2, 0) is 42.7 Å². The highest BCUT2D eigenvalue weighted by molar-refractivity contribution is 5.66. The minimum atomic E-state index is -1.69. The topological polar surface area (TPSA) is 273 Å². The number of hydrogen-bond donors (Lipinski definition) is 9. The molecule has 5 saturated carbocycles. The van der Waals surface area contributed by atoms with Gasteiger partial charge >= 0.3 is 5.97 Å². The Hall–Kier alpha value is -1.17. The van der Waals surface area contributed by atoms with Crippen LogP contribution < -0.4 is 0 Å². The second kappa shape index (κ2) is 16.5. The molecular weight excluding hydrogens is 852 g/mol. The van der Waals surface area contributed by atoms with Gasteiger partial charge in [-0.05, 0) is 117 Å². The Morgan fingerprint density at radius 2 is 1.23 bits per heavy atom. The molecule has 0 amide bonds. The van der Waals surface area contributed by atoms with Gasteiger partial charge in [-0.15, -0.1) is 0 Å². The SMILES string of the molecule is CC(=O)O[C@@H]1[C@@H](O[C@@H]2OC[C@H](O)[C@H](O)[C@H]2O)[C@H](OC2CC[C@]34C[C@]35CC[C@]3(C)C(C6(C)CC[C@@H](C(C)(C)O)O6)C(O)C[C@@]3(C)C5C[C@H](O[C@H]3OC[C@H](O)[C@@H](O)[C@@H]3O)C4C2(C)C)OC[C@H]1O. The first-order valence-corrected chi connectivity index (χ1v) is 24.1. The molecule has 0 aromatic carbocycles. The van der Waals surface area contributed by atoms with Crippen LogP contribution in [0.5, 0.6) is 0 Å². The van der Waals surface area contributed by atoms with Crippen LogP contribution in [-0.4, -0.2) is 181 Å². The molecule has 9 aliphatic rings. The molecule has 9 fully saturated rings. The third-order valence-electron chi connectivity index (χ3n) is 19.2. The van der Waals surface area contributed by atoms with Crippen molar-refractivity contribution in [3.05, 3.63) is 0 Å². The smallest absolute Gasteiger partial charge is 0.303 e. The lowest BCUT2D eigenvalue weighted by molar-refractivity contribution is -0.359. The summed E-state index contributed by atoms with van der Waals surface area (Å²) < 4.78 is 50.1. The molecule has 65 heavy (non-hydrogen) atoms. The summed E-state index contributed by atoms with van der Waals surface area (Å²) in [4.78, 5) is 12.4. The molecule has 4 heterocycles. The largest absolute Gasteiger partial charge is 0.457 e. The molecule has 0 radical (unpaired) electrons. The molecule has 2 spiro atoms. The summed E-state index contributed by atoms with van der Waals surface area (Å²) in [5, 5.41) is 98.3. The fourth-order valence-electron chi connectivity index (χ4n) is 16.1. The standard InChI is InChI=1S/C47H76O18/c1-21(48)61-34-25(52)19-60-40(35(34)64-39-33(56)31(54)24(51)18-59-39)63-28-10-12-47-20-46(47)14-13-43(6)36(45(8)11-9-29(65-45)42(4,5)57)22(49)16-44(43,7)27(46)15-26(37(47)41(28,2)3)62-38-32(55)30(53)23(50)17-58-38/h22-40,49-57H,9-20H2,1-8H3/t22?,23-,24-,25+,26-,27?,28?,29-,30+,31-,32-,33+,34-,35+,36?,37?,38+,39-,40-,43+,44-,45?,46-,47+/m0/s1. The molecule has 372 valence electrons. The Morgan fingerprint density at radius 1 is 0.631 bits per heavy atom. The maximum Gasteiger partial charge on any atom is 0.303 e. The number of hydrogen-bond acceptors (Lipinski definition) is 18. The zero-order valence-corrected chi connectivity index (χ0v) is 39.2. The molecule has 4 aliphatic heterocycles. The van der Waals surface area contributed by atoms with Gasteiger partial charge in [0, 0.05) is 12.8 Å². The molecule has 5 aliphatic carbocycles.